The van der Waals surface area contributed by atoms with Crippen molar-refractivity contribution < 1.29 is 24.5 Å². The fourth-order valence-electron chi connectivity index (χ4n) is 7.48. The number of nitrogens with one attached hydrogen (secondary N) is 1. The molecule has 0 radical (unpaired) electrons. The van der Waals surface area contributed by atoms with Crippen molar-refractivity contribution in [2.24, 2.45) is 34.5 Å². The van der Waals surface area contributed by atoms with E-state index in [2.05, 4.69) is 54.8 Å². The summed E-state index contributed by atoms with van der Waals surface area (Å²) < 4.78 is 4.68. The van der Waals surface area contributed by atoms with E-state index in [1.165, 1.54) is 43.2 Å². The van der Waals surface area contributed by atoms with Gasteiger partial charge < -0.3 is 20.3 Å². The molecule has 7 rings (SSSR count). The Kier molecular flexibility index (Phi) is 6.87. The van der Waals surface area contributed by atoms with Gasteiger partial charge in [-0.15, -0.1) is 0 Å². The highest BCUT2D eigenvalue weighted by molar-refractivity contribution is 6.00. The fraction of sp³-hybridized carbons (Fsp3) is 0.613. The van der Waals surface area contributed by atoms with E-state index in [0.717, 1.165) is 37.8 Å². The van der Waals surface area contributed by atoms with Gasteiger partial charge in [-0.2, -0.15) is 0 Å². The number of ether oxygens (including phenoxy) is 1. The number of hydrogen-bond donors (Lipinski definition) is 3. The van der Waals surface area contributed by atoms with Crippen LogP contribution in [0.2, 0.25) is 0 Å². The Morgan fingerprint density at radius 3 is 2.00 bits per heavy atom. The molecule has 3 N–H and O–H groups in total. The summed E-state index contributed by atoms with van der Waals surface area (Å²) in [5, 5.41) is 23.4. The first-order chi connectivity index (χ1) is 17.9. The molecule has 0 spiro atoms. The molecule has 2 fully saturated rings. The Hall–Kier alpha value is -2.80. The Bertz CT molecular complexity index is 1150. The molecule has 0 aliphatic heterocycles. The maximum atomic E-state index is 13.0. The lowest BCUT2D eigenvalue weighted by atomic mass is 9.48. The molecule has 6 aliphatic carbocycles. The number of benzene rings is 1. The quantitative estimate of drug-likeness (QED) is 0.225. The lowest BCUT2D eigenvalue weighted by Crippen LogP contribution is -2.51. The van der Waals surface area contributed by atoms with Crippen LogP contribution in [0.3, 0.4) is 0 Å². The molecule has 7 nitrogen and oxygen atoms in total. The zero-order valence-electron chi connectivity index (χ0n) is 23.3. The van der Waals surface area contributed by atoms with E-state index in [9.17, 15) is 19.8 Å². The van der Waals surface area contributed by atoms with Crippen LogP contribution in [0.15, 0.2) is 35.4 Å². The summed E-state index contributed by atoms with van der Waals surface area (Å²) in [6, 6.07) is 2.53. The second-order valence-corrected chi connectivity index (χ2v) is 13.0. The molecular formula is C31H42N2O5. The highest BCUT2D eigenvalue weighted by atomic mass is 16.5. The normalized spacial score (nSPS) is 27.9. The minimum absolute atomic E-state index is 0.112. The van der Waals surface area contributed by atoms with E-state index < -0.39 is 11.7 Å². The summed E-state index contributed by atoms with van der Waals surface area (Å²) in [6.45, 7) is 11.8. The molecule has 1 amide bonds. The van der Waals surface area contributed by atoms with Gasteiger partial charge in [0.05, 0.1) is 7.11 Å². The number of phenols is 2. The molecule has 38 heavy (non-hydrogen) atoms. The predicted octanol–water partition coefficient (Wildman–Crippen LogP) is 5.50. The molecular weight excluding hydrogens is 480 g/mol. The summed E-state index contributed by atoms with van der Waals surface area (Å²) in [6.07, 6.45) is 9.89. The zero-order valence-corrected chi connectivity index (χ0v) is 23.3. The third-order valence-electron chi connectivity index (χ3n) is 10.5. The van der Waals surface area contributed by atoms with Gasteiger partial charge in [-0.05, 0) is 72.3 Å². The number of hydrogen-bond acceptors (Lipinski definition) is 6. The number of carbonyl (C=O) groups is 2. The number of methoxy groups -OCH3 is 1. The SMILES string of the molecule is COC(=O)c1ccc(O)c(NC(=O)CCN(CC2=CC[C@H]3C[C@@H]2C3(C)C)CC2=CC[C@H]3C[C@@H]2C3(C)C)c1O. The van der Waals surface area contributed by atoms with Crippen molar-refractivity contribution in [3.63, 3.8) is 0 Å². The molecule has 0 aromatic heterocycles. The van der Waals surface area contributed by atoms with Crippen LogP contribution in [-0.4, -0.2) is 53.7 Å². The average molecular weight is 523 g/mol. The van der Waals surface area contributed by atoms with E-state index in [1.54, 1.807) is 0 Å². The highest BCUT2D eigenvalue weighted by Gasteiger charge is 2.52. The summed E-state index contributed by atoms with van der Waals surface area (Å²) in [5.41, 5.74) is 3.42. The summed E-state index contributed by atoms with van der Waals surface area (Å²) >= 11 is 0. The molecule has 0 saturated heterocycles. The van der Waals surface area contributed by atoms with E-state index in [1.807, 2.05) is 0 Å². The third-order valence-corrected chi connectivity index (χ3v) is 10.5. The van der Waals surface area contributed by atoms with Gasteiger partial charge >= 0.3 is 5.97 Å². The number of phenolic OH excluding ortho intramolecular Hbond substituents is 2. The third kappa shape index (κ3) is 4.53. The Morgan fingerprint density at radius 1 is 0.974 bits per heavy atom. The number of fused-ring (bicyclic) bond motifs is 2. The first-order valence-electron chi connectivity index (χ1n) is 14.0. The van der Waals surface area contributed by atoms with Crippen LogP contribution in [-0.2, 0) is 9.53 Å². The highest BCUT2D eigenvalue weighted by Crippen LogP contribution is 2.60. The number of aromatic hydroxyl groups is 2. The van der Waals surface area contributed by atoms with E-state index in [0.29, 0.717) is 29.2 Å². The topological polar surface area (TPSA) is 99.1 Å². The number of amides is 1. The summed E-state index contributed by atoms with van der Waals surface area (Å²) in [7, 11) is 1.21. The van der Waals surface area contributed by atoms with Crippen molar-refractivity contribution in [1.29, 1.82) is 0 Å². The molecule has 4 bridgehead atoms. The van der Waals surface area contributed by atoms with Crippen LogP contribution in [0, 0.1) is 34.5 Å². The fourth-order valence-corrected chi connectivity index (χ4v) is 7.48. The van der Waals surface area contributed by atoms with Gasteiger partial charge in [0, 0.05) is 26.1 Å². The van der Waals surface area contributed by atoms with Crippen molar-refractivity contribution in [2.75, 3.05) is 32.1 Å². The van der Waals surface area contributed by atoms with Gasteiger partial charge in [0.25, 0.3) is 0 Å². The molecule has 1 aromatic rings. The summed E-state index contributed by atoms with van der Waals surface area (Å²) in [4.78, 5) is 27.3. The largest absolute Gasteiger partial charge is 0.506 e. The van der Waals surface area contributed by atoms with E-state index in [4.69, 9.17) is 0 Å². The van der Waals surface area contributed by atoms with Crippen LogP contribution in [0.4, 0.5) is 5.69 Å². The second kappa shape index (κ2) is 9.74. The van der Waals surface area contributed by atoms with Crippen LogP contribution in [0.25, 0.3) is 0 Å². The second-order valence-electron chi connectivity index (χ2n) is 13.0. The monoisotopic (exact) mass is 522 g/mol. The number of esters is 1. The zero-order chi connectivity index (χ0) is 27.4. The van der Waals surface area contributed by atoms with Gasteiger partial charge in [-0.1, -0.05) is 51.0 Å². The van der Waals surface area contributed by atoms with Gasteiger partial charge in [0.1, 0.15) is 17.0 Å². The van der Waals surface area contributed by atoms with Crippen molar-refractivity contribution >= 4 is 17.6 Å². The molecule has 0 unspecified atom stereocenters. The lowest BCUT2D eigenvalue weighted by molar-refractivity contribution is -0.116. The molecule has 206 valence electrons. The minimum Gasteiger partial charge on any atom is -0.506 e. The molecule has 6 aliphatic rings. The Morgan fingerprint density at radius 2 is 1.53 bits per heavy atom. The van der Waals surface area contributed by atoms with Gasteiger partial charge in [0.15, 0.2) is 5.75 Å². The van der Waals surface area contributed by atoms with Gasteiger partial charge in [0.2, 0.25) is 5.91 Å². The molecule has 1 aromatic carbocycles. The first kappa shape index (κ1) is 26.8. The first-order valence-corrected chi connectivity index (χ1v) is 14.0. The predicted molar refractivity (Wildman–Crippen MR) is 147 cm³/mol. The van der Waals surface area contributed by atoms with E-state index in [-0.39, 0.29) is 29.3 Å². The van der Waals surface area contributed by atoms with Crippen LogP contribution in [0.1, 0.15) is 70.2 Å². The van der Waals surface area contributed by atoms with E-state index >= 15 is 0 Å². The van der Waals surface area contributed by atoms with Crippen LogP contribution >= 0.6 is 0 Å². The van der Waals surface area contributed by atoms with Crippen molar-refractivity contribution in [3.05, 3.63) is 41.0 Å². The number of rotatable bonds is 9. The summed E-state index contributed by atoms with van der Waals surface area (Å²) in [5.74, 6) is 0.915. The molecule has 2 saturated carbocycles. The number of allylic oxidation sites excluding steroid dienone is 2. The lowest BCUT2D eigenvalue weighted by Gasteiger charge is -2.58. The van der Waals surface area contributed by atoms with Gasteiger partial charge in [-0.25, -0.2) is 4.79 Å². The van der Waals surface area contributed by atoms with Crippen molar-refractivity contribution in [3.8, 4) is 11.5 Å². The van der Waals surface area contributed by atoms with Crippen molar-refractivity contribution in [2.45, 2.75) is 59.8 Å². The standard InChI is InChI=1S/C31H42N2O5/c1-30(2)20-8-6-18(23(30)14-20)16-33(17-19-7-9-21-15-24(19)31(21,3)4)13-12-26(35)32-27-25(34)11-10-22(28(27)36)29(37)38-5/h6-7,10-11,20-21,23-24,34,36H,8-9,12-17H2,1-5H3,(H,32,35)/t20-,21-,23-,24-/m0/s1. The average Bonchev–Trinajstić information content (AvgIpc) is 2.89. The minimum atomic E-state index is -0.743. The maximum absolute atomic E-state index is 13.0. The van der Waals surface area contributed by atoms with Gasteiger partial charge in [-0.3, -0.25) is 9.69 Å². The smallest absolute Gasteiger partial charge is 0.341 e. The van der Waals surface area contributed by atoms with Crippen molar-refractivity contribution in [1.82, 2.24) is 4.90 Å². The van der Waals surface area contributed by atoms with Crippen LogP contribution < -0.4 is 5.32 Å². The number of anilines is 1. The Balaban J connectivity index is 1.29. The molecule has 7 heteroatoms. The number of carbonyl (C=O) groups excluding carboxylic acids is 2. The maximum Gasteiger partial charge on any atom is 0.341 e. The van der Waals surface area contributed by atoms with Crippen LogP contribution in [0.5, 0.6) is 11.5 Å². The molecule has 0 heterocycles. The molecule has 4 atom stereocenters. The Labute approximate surface area is 225 Å². The number of nitrogens with zero attached hydrogens (tertiary/aromatic N) is 1.